The van der Waals surface area contributed by atoms with Gasteiger partial charge in [-0.3, -0.25) is 0 Å². The zero-order chi connectivity index (χ0) is 23.3. The highest BCUT2D eigenvalue weighted by Gasteiger charge is 2.26. The fourth-order valence-corrected chi connectivity index (χ4v) is 3.19. The number of aromatic nitrogens is 2. The second kappa shape index (κ2) is 9.84. The van der Waals surface area contributed by atoms with Gasteiger partial charge in [-0.15, -0.1) is 10.2 Å². The van der Waals surface area contributed by atoms with Crippen molar-refractivity contribution in [2.24, 2.45) is 0 Å². The number of carbonyl (C=O) groups excluding carboxylic acids is 2. The van der Waals surface area contributed by atoms with Crippen LogP contribution >= 0.6 is 0 Å². The number of rotatable bonds is 5. The molecule has 1 fully saturated rings. The minimum atomic E-state index is -0.519. The van der Waals surface area contributed by atoms with Crippen molar-refractivity contribution < 1.29 is 19.1 Å². The van der Waals surface area contributed by atoms with Gasteiger partial charge in [0.25, 0.3) is 0 Å². The van der Waals surface area contributed by atoms with Crippen molar-refractivity contribution in [1.29, 1.82) is 0 Å². The van der Waals surface area contributed by atoms with Crippen molar-refractivity contribution in [3.05, 3.63) is 47.7 Å². The topological polar surface area (TPSA) is 88.1 Å². The molecule has 0 N–H and O–H groups in total. The molecule has 1 aliphatic rings. The molecule has 0 aliphatic carbocycles. The summed E-state index contributed by atoms with van der Waals surface area (Å²) in [5, 5.41) is 8.21. The largest absolute Gasteiger partial charge is 0.456 e. The van der Waals surface area contributed by atoms with Crippen LogP contribution in [0, 0.1) is 0 Å². The van der Waals surface area contributed by atoms with Crippen LogP contribution < -0.4 is 9.80 Å². The number of nitrogens with zero attached hydrogens (tertiary/aromatic N) is 5. The van der Waals surface area contributed by atoms with Crippen molar-refractivity contribution >= 4 is 23.6 Å². The van der Waals surface area contributed by atoms with Crippen LogP contribution in [-0.2, 0) is 16.1 Å². The van der Waals surface area contributed by atoms with Gasteiger partial charge < -0.3 is 24.2 Å². The number of anilines is 2. The maximum Gasteiger partial charge on any atom is 0.410 e. The first-order valence-electron chi connectivity index (χ1n) is 10.6. The highest BCUT2D eigenvalue weighted by molar-refractivity contribution is 5.87. The number of hydrogen-bond acceptors (Lipinski definition) is 8. The van der Waals surface area contributed by atoms with Crippen molar-refractivity contribution in [1.82, 2.24) is 15.1 Å². The highest BCUT2D eigenvalue weighted by Crippen LogP contribution is 2.17. The molecular formula is C23H31N5O4. The van der Waals surface area contributed by atoms with Crippen LogP contribution in [0.1, 0.15) is 36.8 Å². The normalized spacial score (nSPS) is 14.2. The van der Waals surface area contributed by atoms with Gasteiger partial charge in [0.2, 0.25) is 0 Å². The van der Waals surface area contributed by atoms with E-state index in [9.17, 15) is 9.59 Å². The van der Waals surface area contributed by atoms with Gasteiger partial charge in [0.05, 0.1) is 0 Å². The summed E-state index contributed by atoms with van der Waals surface area (Å²) in [5.74, 6) is 0.137. The summed E-state index contributed by atoms with van der Waals surface area (Å²) in [6, 6.07) is 11.2. The summed E-state index contributed by atoms with van der Waals surface area (Å²) in [5.41, 5.74) is 1.58. The smallest absolute Gasteiger partial charge is 0.410 e. The van der Waals surface area contributed by atoms with Gasteiger partial charge in [-0.25, -0.2) is 9.59 Å². The third-order valence-corrected chi connectivity index (χ3v) is 4.91. The molecule has 172 valence electrons. The van der Waals surface area contributed by atoms with Gasteiger partial charge in [-0.2, -0.15) is 0 Å². The van der Waals surface area contributed by atoms with Crippen molar-refractivity contribution in [3.63, 3.8) is 0 Å². The number of ether oxygens (including phenoxy) is 2. The molecule has 0 radical (unpaired) electrons. The lowest BCUT2D eigenvalue weighted by atomic mass is 10.2. The summed E-state index contributed by atoms with van der Waals surface area (Å²) in [6.07, 6.45) is -0.308. The highest BCUT2D eigenvalue weighted by atomic mass is 16.6. The van der Waals surface area contributed by atoms with Crippen LogP contribution in [0.4, 0.5) is 16.3 Å². The van der Waals surface area contributed by atoms with E-state index in [1.165, 1.54) is 0 Å². The number of piperazine rings is 1. The zero-order valence-electron chi connectivity index (χ0n) is 19.4. The molecule has 1 aromatic heterocycles. The fraction of sp³-hybridized carbons (Fsp3) is 0.478. The lowest BCUT2D eigenvalue weighted by Crippen LogP contribution is -2.50. The first-order valence-corrected chi connectivity index (χ1v) is 10.6. The summed E-state index contributed by atoms with van der Waals surface area (Å²) in [6.45, 7) is 8.01. The van der Waals surface area contributed by atoms with E-state index in [-0.39, 0.29) is 18.4 Å². The Bertz CT molecular complexity index is 932. The predicted molar refractivity (Wildman–Crippen MR) is 122 cm³/mol. The average Bonchev–Trinajstić information content (AvgIpc) is 2.76. The minimum absolute atomic E-state index is 0.157. The van der Waals surface area contributed by atoms with Gasteiger partial charge in [0.15, 0.2) is 11.5 Å². The van der Waals surface area contributed by atoms with E-state index >= 15 is 0 Å². The molecule has 1 saturated heterocycles. The Kier molecular flexibility index (Phi) is 7.17. The summed E-state index contributed by atoms with van der Waals surface area (Å²) < 4.78 is 10.8. The monoisotopic (exact) mass is 441 g/mol. The van der Waals surface area contributed by atoms with E-state index in [0.29, 0.717) is 32.0 Å². The maximum absolute atomic E-state index is 12.3. The lowest BCUT2D eigenvalue weighted by Gasteiger charge is -2.35. The molecule has 1 aliphatic heterocycles. The second-order valence-electron chi connectivity index (χ2n) is 8.87. The van der Waals surface area contributed by atoms with Gasteiger partial charge in [0.1, 0.15) is 12.2 Å². The molecule has 2 aromatic rings. The zero-order valence-corrected chi connectivity index (χ0v) is 19.4. The quantitative estimate of drug-likeness (QED) is 0.655. The number of carbonyl (C=O) groups is 2. The molecule has 9 heteroatoms. The van der Waals surface area contributed by atoms with Gasteiger partial charge >= 0.3 is 12.1 Å². The van der Waals surface area contributed by atoms with Crippen molar-refractivity contribution in [2.75, 3.05) is 50.1 Å². The van der Waals surface area contributed by atoms with E-state index in [4.69, 9.17) is 9.47 Å². The van der Waals surface area contributed by atoms with E-state index in [0.717, 1.165) is 11.3 Å². The molecule has 1 amide bonds. The van der Waals surface area contributed by atoms with Crippen molar-refractivity contribution in [2.45, 2.75) is 33.0 Å². The third kappa shape index (κ3) is 6.32. The number of hydrogen-bond donors (Lipinski definition) is 0. The average molecular weight is 442 g/mol. The minimum Gasteiger partial charge on any atom is -0.456 e. The Hall–Kier alpha value is -3.36. The molecule has 0 spiro atoms. The molecule has 3 rings (SSSR count). The van der Waals surface area contributed by atoms with E-state index in [1.54, 1.807) is 17.0 Å². The Morgan fingerprint density at radius 2 is 1.75 bits per heavy atom. The first kappa shape index (κ1) is 23.3. The molecule has 0 atom stereocenters. The van der Waals surface area contributed by atoms with Crippen molar-refractivity contribution in [3.8, 4) is 0 Å². The Balaban J connectivity index is 1.51. The van der Waals surface area contributed by atoms with Crippen LogP contribution in [0.5, 0.6) is 0 Å². The Morgan fingerprint density at radius 3 is 2.34 bits per heavy atom. The first-order chi connectivity index (χ1) is 15.1. The molecule has 0 saturated carbocycles. The van der Waals surface area contributed by atoms with Crippen LogP contribution in [0.2, 0.25) is 0 Å². The van der Waals surface area contributed by atoms with E-state index in [2.05, 4.69) is 10.2 Å². The predicted octanol–water partition coefficient (Wildman–Crippen LogP) is 2.96. The number of esters is 1. The summed E-state index contributed by atoms with van der Waals surface area (Å²) in [4.78, 5) is 30.2. The Morgan fingerprint density at radius 1 is 1.03 bits per heavy atom. The standard InChI is InChI=1S/C23H31N5O4/c1-23(2,3)32-22(30)28-13-11-27(12-14-28)20-10-9-19(24-25-20)21(29)31-16-17-7-6-8-18(15-17)26(4)5/h6-10,15H,11-14,16H2,1-5H3. The SMILES string of the molecule is CN(C)c1cccc(COC(=O)c2ccc(N3CCN(C(=O)OC(C)(C)C)CC3)nn2)c1. The van der Waals surface area contributed by atoms with E-state index < -0.39 is 11.6 Å². The Labute approximate surface area is 188 Å². The summed E-state index contributed by atoms with van der Waals surface area (Å²) >= 11 is 0. The number of benzene rings is 1. The fourth-order valence-electron chi connectivity index (χ4n) is 3.19. The lowest BCUT2D eigenvalue weighted by molar-refractivity contribution is 0.0239. The van der Waals surface area contributed by atoms with Crippen LogP contribution in [0.25, 0.3) is 0 Å². The van der Waals surface area contributed by atoms with Crippen LogP contribution in [-0.4, -0.2) is 73.0 Å². The van der Waals surface area contributed by atoms with E-state index in [1.807, 2.05) is 68.9 Å². The maximum atomic E-state index is 12.3. The van der Waals surface area contributed by atoms with Crippen LogP contribution in [0.15, 0.2) is 36.4 Å². The molecular weight excluding hydrogens is 410 g/mol. The second-order valence-corrected chi connectivity index (χ2v) is 8.87. The third-order valence-electron chi connectivity index (χ3n) is 4.91. The molecule has 9 nitrogen and oxygen atoms in total. The van der Waals surface area contributed by atoms with Gasteiger partial charge in [-0.1, -0.05) is 12.1 Å². The molecule has 0 bridgehead atoms. The summed E-state index contributed by atoms with van der Waals surface area (Å²) in [7, 11) is 3.92. The number of amides is 1. The van der Waals surface area contributed by atoms with Crippen LogP contribution in [0.3, 0.4) is 0 Å². The molecule has 2 heterocycles. The van der Waals surface area contributed by atoms with Gasteiger partial charge in [0, 0.05) is 46.0 Å². The van der Waals surface area contributed by atoms with Gasteiger partial charge in [-0.05, 0) is 50.6 Å². The molecule has 0 unspecified atom stereocenters. The molecule has 32 heavy (non-hydrogen) atoms. The molecule has 1 aromatic carbocycles.